The lowest BCUT2D eigenvalue weighted by Gasteiger charge is -2.13. The van der Waals surface area contributed by atoms with Gasteiger partial charge in [-0.15, -0.1) is 24.0 Å². The predicted octanol–water partition coefficient (Wildman–Crippen LogP) is 2.84. The first-order valence-corrected chi connectivity index (χ1v) is 6.95. The molecule has 1 aromatic rings. The fourth-order valence-corrected chi connectivity index (χ4v) is 1.69. The molecule has 0 bridgehead atoms. The van der Waals surface area contributed by atoms with Crippen LogP contribution in [-0.2, 0) is 6.54 Å². The molecule has 1 aromatic carbocycles. The largest absolute Gasteiger partial charge is 0.378 e. The highest BCUT2D eigenvalue weighted by molar-refractivity contribution is 14.0. The molecule has 0 unspecified atom stereocenters. The standard InChI is InChI=1S/C15H26N4.HI/c1-5-10-17-15(16-6-2)18-12-13-8-7-9-14(11-13)19(3)4;/h7-9,11H,5-6,10,12H2,1-4H3,(H2,16,17,18);1H. The first-order valence-electron chi connectivity index (χ1n) is 6.95. The van der Waals surface area contributed by atoms with Gasteiger partial charge in [0.05, 0.1) is 6.54 Å². The van der Waals surface area contributed by atoms with Crippen molar-refractivity contribution in [1.82, 2.24) is 10.6 Å². The summed E-state index contributed by atoms with van der Waals surface area (Å²) in [4.78, 5) is 6.70. The van der Waals surface area contributed by atoms with E-state index in [2.05, 4.69) is 72.7 Å². The van der Waals surface area contributed by atoms with Gasteiger partial charge < -0.3 is 15.5 Å². The Morgan fingerprint density at radius 1 is 1.20 bits per heavy atom. The molecule has 4 nitrogen and oxygen atoms in total. The van der Waals surface area contributed by atoms with Gasteiger partial charge in [0.15, 0.2) is 5.96 Å². The van der Waals surface area contributed by atoms with Crippen molar-refractivity contribution in [2.45, 2.75) is 26.8 Å². The van der Waals surface area contributed by atoms with Crippen LogP contribution in [0.4, 0.5) is 5.69 Å². The van der Waals surface area contributed by atoms with E-state index in [0.29, 0.717) is 6.54 Å². The molecule has 20 heavy (non-hydrogen) atoms. The van der Waals surface area contributed by atoms with Gasteiger partial charge in [-0.05, 0) is 31.0 Å². The lowest BCUT2D eigenvalue weighted by atomic mass is 10.2. The van der Waals surface area contributed by atoms with Gasteiger partial charge in [-0.25, -0.2) is 4.99 Å². The molecular weight excluding hydrogens is 363 g/mol. The molecule has 0 aliphatic heterocycles. The Kier molecular flexibility index (Phi) is 10.2. The van der Waals surface area contributed by atoms with Crippen molar-refractivity contribution in [3.05, 3.63) is 29.8 Å². The minimum atomic E-state index is 0. The Bertz CT molecular complexity index is 405. The summed E-state index contributed by atoms with van der Waals surface area (Å²) in [6.45, 7) is 6.75. The first kappa shape index (κ1) is 19.0. The van der Waals surface area contributed by atoms with Gasteiger partial charge in [0.2, 0.25) is 0 Å². The number of nitrogens with one attached hydrogen (secondary N) is 2. The molecule has 0 radical (unpaired) electrons. The van der Waals surface area contributed by atoms with E-state index < -0.39 is 0 Å². The zero-order valence-corrected chi connectivity index (χ0v) is 15.3. The van der Waals surface area contributed by atoms with Crippen LogP contribution in [0.2, 0.25) is 0 Å². The average molecular weight is 390 g/mol. The second-order valence-corrected chi connectivity index (χ2v) is 4.69. The third kappa shape index (κ3) is 6.98. The molecule has 2 N–H and O–H groups in total. The van der Waals surface area contributed by atoms with Crippen LogP contribution in [0.25, 0.3) is 0 Å². The maximum absolute atomic E-state index is 4.60. The van der Waals surface area contributed by atoms with Crippen molar-refractivity contribution in [1.29, 1.82) is 0 Å². The van der Waals surface area contributed by atoms with Crippen LogP contribution in [0.5, 0.6) is 0 Å². The summed E-state index contributed by atoms with van der Waals surface area (Å²) in [5.74, 6) is 0.889. The minimum Gasteiger partial charge on any atom is -0.378 e. The van der Waals surface area contributed by atoms with Crippen molar-refractivity contribution in [2.75, 3.05) is 32.1 Å². The number of anilines is 1. The van der Waals surface area contributed by atoms with Crippen LogP contribution in [0.3, 0.4) is 0 Å². The summed E-state index contributed by atoms with van der Waals surface area (Å²) >= 11 is 0. The topological polar surface area (TPSA) is 39.7 Å². The summed E-state index contributed by atoms with van der Waals surface area (Å²) in [7, 11) is 4.10. The average Bonchev–Trinajstić information content (AvgIpc) is 2.42. The zero-order valence-electron chi connectivity index (χ0n) is 12.9. The molecule has 0 aliphatic rings. The maximum Gasteiger partial charge on any atom is 0.191 e. The maximum atomic E-state index is 4.60. The van der Waals surface area contributed by atoms with E-state index in [1.54, 1.807) is 0 Å². The molecule has 0 spiro atoms. The SMILES string of the molecule is CCCNC(=NCc1cccc(N(C)C)c1)NCC.I. The molecular formula is C15H27IN4. The van der Waals surface area contributed by atoms with Crippen LogP contribution in [-0.4, -0.2) is 33.1 Å². The van der Waals surface area contributed by atoms with E-state index in [1.807, 2.05) is 0 Å². The normalized spacial score (nSPS) is 10.7. The fraction of sp³-hybridized carbons (Fsp3) is 0.533. The smallest absolute Gasteiger partial charge is 0.191 e. The van der Waals surface area contributed by atoms with E-state index >= 15 is 0 Å². The fourth-order valence-electron chi connectivity index (χ4n) is 1.69. The van der Waals surface area contributed by atoms with Crippen molar-refractivity contribution >= 4 is 35.6 Å². The quantitative estimate of drug-likeness (QED) is 0.446. The number of hydrogen-bond donors (Lipinski definition) is 2. The van der Waals surface area contributed by atoms with E-state index in [9.17, 15) is 0 Å². The van der Waals surface area contributed by atoms with E-state index in [0.717, 1.165) is 25.5 Å². The number of hydrogen-bond acceptors (Lipinski definition) is 2. The van der Waals surface area contributed by atoms with Crippen molar-refractivity contribution in [3.8, 4) is 0 Å². The lowest BCUT2D eigenvalue weighted by Crippen LogP contribution is -2.37. The Hall–Kier alpha value is -0.980. The predicted molar refractivity (Wildman–Crippen MR) is 99.3 cm³/mol. The minimum absolute atomic E-state index is 0. The number of guanidine groups is 1. The summed E-state index contributed by atoms with van der Waals surface area (Å²) in [5.41, 5.74) is 2.43. The van der Waals surface area contributed by atoms with Gasteiger partial charge in [0.1, 0.15) is 0 Å². The molecule has 1 rings (SSSR count). The van der Waals surface area contributed by atoms with Gasteiger partial charge in [-0.3, -0.25) is 0 Å². The second-order valence-electron chi connectivity index (χ2n) is 4.69. The van der Waals surface area contributed by atoms with Crippen LogP contribution in [0.1, 0.15) is 25.8 Å². The highest BCUT2D eigenvalue weighted by Crippen LogP contribution is 2.13. The Labute approximate surface area is 140 Å². The number of aliphatic imine (C=N–C) groups is 1. The van der Waals surface area contributed by atoms with E-state index in [-0.39, 0.29) is 24.0 Å². The van der Waals surface area contributed by atoms with E-state index in [1.165, 1.54) is 11.3 Å². The summed E-state index contributed by atoms with van der Waals surface area (Å²) < 4.78 is 0. The molecule has 0 fully saturated rings. The van der Waals surface area contributed by atoms with Crippen molar-refractivity contribution in [3.63, 3.8) is 0 Å². The van der Waals surface area contributed by atoms with Crippen LogP contribution >= 0.6 is 24.0 Å². The molecule has 0 saturated heterocycles. The molecule has 0 aromatic heterocycles. The number of nitrogens with zero attached hydrogens (tertiary/aromatic N) is 2. The molecule has 0 saturated carbocycles. The van der Waals surface area contributed by atoms with Gasteiger partial charge in [-0.2, -0.15) is 0 Å². The van der Waals surface area contributed by atoms with Crippen molar-refractivity contribution < 1.29 is 0 Å². The highest BCUT2D eigenvalue weighted by Gasteiger charge is 1.99. The van der Waals surface area contributed by atoms with E-state index in [4.69, 9.17) is 0 Å². The molecule has 0 heterocycles. The van der Waals surface area contributed by atoms with Gasteiger partial charge in [-0.1, -0.05) is 19.1 Å². The van der Waals surface area contributed by atoms with Crippen molar-refractivity contribution in [2.24, 2.45) is 4.99 Å². The zero-order chi connectivity index (χ0) is 14.1. The molecule has 0 amide bonds. The van der Waals surface area contributed by atoms with Crippen LogP contribution in [0, 0.1) is 0 Å². The third-order valence-electron chi connectivity index (χ3n) is 2.73. The Morgan fingerprint density at radius 2 is 1.95 bits per heavy atom. The number of rotatable bonds is 6. The third-order valence-corrected chi connectivity index (χ3v) is 2.73. The van der Waals surface area contributed by atoms with Gasteiger partial charge in [0.25, 0.3) is 0 Å². The van der Waals surface area contributed by atoms with Crippen LogP contribution < -0.4 is 15.5 Å². The molecule has 114 valence electrons. The summed E-state index contributed by atoms with van der Waals surface area (Å²) in [6.07, 6.45) is 1.10. The van der Waals surface area contributed by atoms with Crippen LogP contribution in [0.15, 0.2) is 29.3 Å². The monoisotopic (exact) mass is 390 g/mol. The molecule has 0 aliphatic carbocycles. The summed E-state index contributed by atoms with van der Waals surface area (Å²) in [6, 6.07) is 8.47. The van der Waals surface area contributed by atoms with Gasteiger partial charge >= 0.3 is 0 Å². The molecule has 0 atom stereocenters. The highest BCUT2D eigenvalue weighted by atomic mass is 127. The Balaban J connectivity index is 0.00000361. The lowest BCUT2D eigenvalue weighted by molar-refractivity contribution is 0.785. The summed E-state index contributed by atoms with van der Waals surface area (Å²) in [5, 5.41) is 6.56. The second kappa shape index (κ2) is 10.8. The van der Waals surface area contributed by atoms with Gasteiger partial charge in [0, 0.05) is 32.9 Å². The molecule has 5 heteroatoms. The number of halogens is 1. The number of benzene rings is 1. The Morgan fingerprint density at radius 3 is 2.55 bits per heavy atom. The first-order chi connectivity index (χ1) is 9.17.